The van der Waals surface area contributed by atoms with Gasteiger partial charge in [-0.25, -0.2) is 14.4 Å². The average molecular weight is 594 g/mol. The molecule has 0 aliphatic rings. The van der Waals surface area contributed by atoms with Crippen LogP contribution in [0.2, 0.25) is 0 Å². The molecule has 0 aromatic heterocycles. The summed E-state index contributed by atoms with van der Waals surface area (Å²) < 4.78 is 0. The summed E-state index contributed by atoms with van der Waals surface area (Å²) in [4.78, 5) is 91.5. The Morgan fingerprint density at radius 3 is 0.475 bits per heavy atom. The van der Waals surface area contributed by atoms with Gasteiger partial charge in [0, 0.05) is 0 Å². The van der Waals surface area contributed by atoms with Gasteiger partial charge in [-0.3, -0.25) is 28.8 Å². The van der Waals surface area contributed by atoms with E-state index in [0.717, 1.165) is 0 Å². The molecule has 230 valence electrons. The summed E-state index contributed by atoms with van der Waals surface area (Å²) in [5.41, 5.74) is -8.22. The fourth-order valence-electron chi connectivity index (χ4n) is 2.14. The smallest absolute Gasteiger partial charge is 0.336 e. The molecule has 0 aromatic rings. The van der Waals surface area contributed by atoms with E-state index in [9.17, 15) is 43.2 Å². The van der Waals surface area contributed by atoms with Crippen LogP contribution in [-0.4, -0.2) is 137 Å². The van der Waals surface area contributed by atoms with Gasteiger partial charge in [-0.2, -0.15) is 0 Å². The molecule has 0 aliphatic carbocycles. The fraction of sp³-hybridized carbons (Fsp3) is 0.500. The summed E-state index contributed by atoms with van der Waals surface area (Å²) >= 11 is 0. The third kappa shape index (κ3) is 18.3. The number of aliphatic hydroxyl groups is 3. The number of rotatable bonds is 15. The molecule has 0 bridgehead atoms. The molecule has 0 aliphatic heterocycles. The molecular formula is C18H26O22. The Hall–Kier alpha value is -4.93. The molecule has 22 heteroatoms. The minimum Gasteiger partial charge on any atom is -0.481 e. The Labute approximate surface area is 219 Å². The van der Waals surface area contributed by atoms with Gasteiger partial charge in [0.15, 0.2) is 16.8 Å². The average Bonchev–Trinajstić information content (AvgIpc) is 2.64. The number of hydrogen-bond acceptors (Lipinski definition) is 12. The molecule has 0 saturated heterocycles. The SMILES string of the molecule is O.O=C(O)CC(O)(CC(=O)O)C(=O)O.O=C(O)CC(O)(CC(=O)O)C(=O)O.O=C(O)CC(O)(CC(=O)O)C(=O)O. The van der Waals surface area contributed by atoms with Crippen molar-refractivity contribution in [3.63, 3.8) is 0 Å². The van der Waals surface area contributed by atoms with Crippen LogP contribution in [0.1, 0.15) is 38.5 Å². The van der Waals surface area contributed by atoms with Crippen molar-refractivity contribution in [3.8, 4) is 0 Å². The highest BCUT2D eigenvalue weighted by Crippen LogP contribution is 2.17. The Morgan fingerprint density at radius 1 is 0.325 bits per heavy atom. The normalized spacial score (nSPS) is 10.6. The quantitative estimate of drug-likeness (QED) is 0.0848. The Kier molecular flexibility index (Phi) is 18.5. The minimum absolute atomic E-state index is 0. The van der Waals surface area contributed by atoms with Gasteiger partial charge in [-0.05, 0) is 0 Å². The molecule has 0 amide bonds. The highest BCUT2D eigenvalue weighted by atomic mass is 16.4. The van der Waals surface area contributed by atoms with E-state index in [1.54, 1.807) is 0 Å². The van der Waals surface area contributed by atoms with Crippen LogP contribution < -0.4 is 0 Å². The zero-order valence-corrected chi connectivity index (χ0v) is 19.8. The fourth-order valence-corrected chi connectivity index (χ4v) is 2.14. The molecule has 0 aromatic carbocycles. The summed E-state index contributed by atoms with van der Waals surface area (Å²) in [6.45, 7) is 0. The van der Waals surface area contributed by atoms with E-state index in [4.69, 9.17) is 61.3 Å². The van der Waals surface area contributed by atoms with Gasteiger partial charge in [0.2, 0.25) is 0 Å². The first-order chi connectivity index (χ1) is 17.3. The zero-order chi connectivity index (χ0) is 31.9. The Morgan fingerprint density at radius 2 is 0.425 bits per heavy atom. The van der Waals surface area contributed by atoms with Crippen molar-refractivity contribution in [2.45, 2.75) is 55.3 Å². The van der Waals surface area contributed by atoms with Crippen LogP contribution in [0.15, 0.2) is 0 Å². The number of hydrogen-bond donors (Lipinski definition) is 12. The maximum atomic E-state index is 10.3. The van der Waals surface area contributed by atoms with Crippen molar-refractivity contribution >= 4 is 53.7 Å². The lowest BCUT2D eigenvalue weighted by molar-refractivity contribution is -0.170. The highest BCUT2D eigenvalue weighted by Gasteiger charge is 2.42. The van der Waals surface area contributed by atoms with Crippen LogP contribution in [0.5, 0.6) is 0 Å². The Bertz CT molecular complexity index is 807. The van der Waals surface area contributed by atoms with Crippen molar-refractivity contribution in [1.82, 2.24) is 0 Å². The molecule has 0 radical (unpaired) electrons. The first-order valence-electron chi connectivity index (χ1n) is 9.51. The van der Waals surface area contributed by atoms with Crippen LogP contribution >= 0.6 is 0 Å². The van der Waals surface area contributed by atoms with E-state index < -0.39 is 109 Å². The predicted octanol–water partition coefficient (Wildman–Crippen LogP) is -4.57. The van der Waals surface area contributed by atoms with Gasteiger partial charge in [0.25, 0.3) is 0 Å². The second-order valence-electron chi connectivity index (χ2n) is 7.43. The molecule has 22 nitrogen and oxygen atoms in total. The van der Waals surface area contributed by atoms with Gasteiger partial charge < -0.3 is 66.8 Å². The molecule has 40 heavy (non-hydrogen) atoms. The summed E-state index contributed by atoms with van der Waals surface area (Å²) in [5, 5.41) is 101. The van der Waals surface area contributed by atoms with Crippen molar-refractivity contribution < 1.29 is 110 Å². The second kappa shape index (κ2) is 17.6. The van der Waals surface area contributed by atoms with Gasteiger partial charge in [-0.1, -0.05) is 0 Å². The van der Waals surface area contributed by atoms with Crippen LogP contribution in [0.4, 0.5) is 0 Å². The molecule has 0 heterocycles. The maximum Gasteiger partial charge on any atom is 0.336 e. The van der Waals surface area contributed by atoms with Crippen molar-refractivity contribution in [3.05, 3.63) is 0 Å². The summed E-state index contributed by atoms with van der Waals surface area (Å²) in [6.07, 6.45) is -6.87. The lowest BCUT2D eigenvalue weighted by Gasteiger charge is -2.18. The van der Waals surface area contributed by atoms with Crippen molar-refractivity contribution in [2.75, 3.05) is 0 Å². The second-order valence-corrected chi connectivity index (χ2v) is 7.43. The summed E-state index contributed by atoms with van der Waals surface area (Å²) in [7, 11) is 0. The molecular weight excluding hydrogens is 568 g/mol. The van der Waals surface area contributed by atoms with Gasteiger partial charge in [0.1, 0.15) is 0 Å². The molecule has 0 saturated carbocycles. The third-order valence-corrected chi connectivity index (χ3v) is 3.86. The van der Waals surface area contributed by atoms with Crippen LogP contribution in [-0.2, 0) is 43.2 Å². The van der Waals surface area contributed by atoms with Gasteiger partial charge in [0.05, 0.1) is 38.5 Å². The lowest BCUT2D eigenvalue weighted by atomic mass is 9.96. The molecule has 0 fully saturated rings. The monoisotopic (exact) mass is 594 g/mol. The third-order valence-electron chi connectivity index (χ3n) is 3.86. The first-order valence-corrected chi connectivity index (χ1v) is 9.51. The van der Waals surface area contributed by atoms with E-state index in [-0.39, 0.29) is 5.48 Å². The molecule has 0 spiro atoms. The van der Waals surface area contributed by atoms with E-state index in [0.29, 0.717) is 0 Å². The molecule has 14 N–H and O–H groups in total. The maximum absolute atomic E-state index is 10.3. The van der Waals surface area contributed by atoms with Crippen molar-refractivity contribution in [1.29, 1.82) is 0 Å². The lowest BCUT2D eigenvalue weighted by Crippen LogP contribution is -2.42. The highest BCUT2D eigenvalue weighted by molar-refractivity contribution is 5.89. The topological polar surface area (TPSA) is 428 Å². The standard InChI is InChI=1S/3C6H8O7.H2O/c3*7-3(8)1-6(13,5(11)12)2-4(9)10;/h3*13H,1-2H2,(H,7,8)(H,9,10)(H,11,12);1H2. The van der Waals surface area contributed by atoms with E-state index in [1.807, 2.05) is 0 Å². The summed E-state index contributed by atoms with van der Waals surface area (Å²) in [5.74, 6) is -15.1. The van der Waals surface area contributed by atoms with Gasteiger partial charge in [-0.15, -0.1) is 0 Å². The minimum atomic E-state index is -2.74. The molecule has 0 atom stereocenters. The number of aliphatic carboxylic acids is 9. The van der Waals surface area contributed by atoms with Crippen LogP contribution in [0.25, 0.3) is 0 Å². The molecule has 0 rings (SSSR count). The van der Waals surface area contributed by atoms with E-state index in [1.165, 1.54) is 0 Å². The molecule has 0 unspecified atom stereocenters. The number of carboxylic acid groups (broad SMARTS) is 9. The Balaban J connectivity index is -0.000000240. The number of carboxylic acids is 9. The summed E-state index contributed by atoms with van der Waals surface area (Å²) in [6, 6.07) is 0. The van der Waals surface area contributed by atoms with Crippen LogP contribution in [0, 0.1) is 0 Å². The largest absolute Gasteiger partial charge is 0.481 e. The van der Waals surface area contributed by atoms with Crippen molar-refractivity contribution in [2.24, 2.45) is 0 Å². The van der Waals surface area contributed by atoms with Gasteiger partial charge >= 0.3 is 53.7 Å². The first kappa shape index (κ1) is 42.2. The van der Waals surface area contributed by atoms with E-state index in [2.05, 4.69) is 0 Å². The van der Waals surface area contributed by atoms with Crippen LogP contribution in [0.3, 0.4) is 0 Å². The predicted molar refractivity (Wildman–Crippen MR) is 115 cm³/mol. The number of carbonyl (C=O) groups is 9. The zero-order valence-electron chi connectivity index (χ0n) is 19.8. The van der Waals surface area contributed by atoms with E-state index >= 15 is 0 Å².